The largest absolute Gasteiger partial charge is 0.368 e. The van der Waals surface area contributed by atoms with Crippen LogP contribution in [0.4, 0.5) is 0 Å². The Morgan fingerprint density at radius 2 is 1.84 bits per heavy atom. The first-order valence-electron chi connectivity index (χ1n) is 6.96. The van der Waals surface area contributed by atoms with Crippen molar-refractivity contribution in [2.45, 2.75) is 31.8 Å². The van der Waals surface area contributed by atoms with Crippen LogP contribution < -0.4 is 0 Å². The molecule has 0 aromatic heterocycles. The Balaban J connectivity index is 1.75. The second-order valence-electron chi connectivity index (χ2n) is 5.00. The molecule has 0 N–H and O–H groups in total. The van der Waals surface area contributed by atoms with Gasteiger partial charge in [-0.2, -0.15) is 0 Å². The molecule has 6 heteroatoms. The third-order valence-electron chi connectivity index (χ3n) is 3.67. The molecule has 2 heterocycles. The Labute approximate surface area is 118 Å². The minimum Gasteiger partial charge on any atom is -0.368 e. The van der Waals surface area contributed by atoms with Crippen LogP contribution in [-0.4, -0.2) is 66.4 Å². The molecular formula is C13H21ClN2O3. The lowest BCUT2D eigenvalue weighted by Crippen LogP contribution is -2.52. The highest BCUT2D eigenvalue weighted by Gasteiger charge is 2.31. The van der Waals surface area contributed by atoms with Gasteiger partial charge in [-0.15, -0.1) is 11.6 Å². The predicted octanol–water partition coefficient (Wildman–Crippen LogP) is 0.855. The van der Waals surface area contributed by atoms with Crippen molar-refractivity contribution in [2.75, 3.05) is 38.7 Å². The quantitative estimate of drug-likeness (QED) is 0.721. The summed E-state index contributed by atoms with van der Waals surface area (Å²) in [4.78, 5) is 27.6. The van der Waals surface area contributed by atoms with E-state index in [0.717, 1.165) is 19.3 Å². The molecule has 5 nitrogen and oxygen atoms in total. The Morgan fingerprint density at radius 1 is 1.16 bits per heavy atom. The van der Waals surface area contributed by atoms with Crippen LogP contribution in [0.2, 0.25) is 0 Å². The second kappa shape index (κ2) is 7.10. The highest BCUT2D eigenvalue weighted by Crippen LogP contribution is 2.16. The number of nitrogens with zero attached hydrogens (tertiary/aromatic N) is 2. The van der Waals surface area contributed by atoms with Crippen molar-refractivity contribution in [3.05, 3.63) is 0 Å². The normalized spacial score (nSPS) is 23.7. The average Bonchev–Trinajstić information content (AvgIpc) is 2.98. The standard InChI is InChI=1S/C13H21ClN2O3/c14-5-1-4-12(17)15-6-8-16(9-7-15)13(18)11-3-2-10-19-11/h11H,1-10H2. The van der Waals surface area contributed by atoms with Crippen molar-refractivity contribution in [1.82, 2.24) is 9.80 Å². The van der Waals surface area contributed by atoms with Gasteiger partial charge in [0.25, 0.3) is 5.91 Å². The summed E-state index contributed by atoms with van der Waals surface area (Å²) in [5.41, 5.74) is 0. The molecule has 2 amide bonds. The number of carbonyl (C=O) groups is 2. The summed E-state index contributed by atoms with van der Waals surface area (Å²) < 4.78 is 5.41. The minimum absolute atomic E-state index is 0.0883. The van der Waals surface area contributed by atoms with Gasteiger partial charge in [0.2, 0.25) is 5.91 Å². The van der Waals surface area contributed by atoms with Crippen molar-refractivity contribution in [1.29, 1.82) is 0 Å². The van der Waals surface area contributed by atoms with Crippen LogP contribution in [-0.2, 0) is 14.3 Å². The van der Waals surface area contributed by atoms with Gasteiger partial charge in [-0.1, -0.05) is 0 Å². The van der Waals surface area contributed by atoms with Crippen LogP contribution in [0.5, 0.6) is 0 Å². The lowest BCUT2D eigenvalue weighted by atomic mass is 10.2. The van der Waals surface area contributed by atoms with Gasteiger partial charge in [0.1, 0.15) is 6.10 Å². The molecule has 0 saturated carbocycles. The number of ether oxygens (including phenoxy) is 1. The van der Waals surface area contributed by atoms with Gasteiger partial charge in [0.15, 0.2) is 0 Å². The summed E-state index contributed by atoms with van der Waals surface area (Å²) in [5, 5.41) is 0. The number of carbonyl (C=O) groups excluding carboxylic acids is 2. The molecular weight excluding hydrogens is 268 g/mol. The number of amides is 2. The SMILES string of the molecule is O=C(CCCCl)N1CCN(C(=O)C2CCCO2)CC1. The first-order valence-corrected chi connectivity index (χ1v) is 7.50. The molecule has 19 heavy (non-hydrogen) atoms. The molecule has 0 radical (unpaired) electrons. The molecule has 0 aliphatic carbocycles. The molecule has 0 bridgehead atoms. The second-order valence-corrected chi connectivity index (χ2v) is 5.38. The summed E-state index contributed by atoms with van der Waals surface area (Å²) in [7, 11) is 0. The molecule has 108 valence electrons. The van der Waals surface area contributed by atoms with Crippen molar-refractivity contribution in [2.24, 2.45) is 0 Å². The number of piperazine rings is 1. The van der Waals surface area contributed by atoms with E-state index in [-0.39, 0.29) is 17.9 Å². The van der Waals surface area contributed by atoms with Crippen molar-refractivity contribution in [3.8, 4) is 0 Å². The van der Waals surface area contributed by atoms with Crippen LogP contribution >= 0.6 is 11.6 Å². The molecule has 2 aliphatic rings. The lowest BCUT2D eigenvalue weighted by molar-refractivity contribution is -0.146. The first kappa shape index (κ1) is 14.6. The monoisotopic (exact) mass is 288 g/mol. The van der Waals surface area contributed by atoms with E-state index in [9.17, 15) is 9.59 Å². The van der Waals surface area contributed by atoms with E-state index in [0.29, 0.717) is 45.1 Å². The van der Waals surface area contributed by atoms with Gasteiger partial charge in [0.05, 0.1) is 0 Å². The van der Waals surface area contributed by atoms with Crippen LogP contribution in [0.3, 0.4) is 0 Å². The van der Waals surface area contributed by atoms with Gasteiger partial charge in [-0.25, -0.2) is 0 Å². The summed E-state index contributed by atoms with van der Waals surface area (Å²) in [6.45, 7) is 3.17. The molecule has 2 fully saturated rings. The summed E-state index contributed by atoms with van der Waals surface area (Å²) in [5.74, 6) is 0.749. The van der Waals surface area contributed by atoms with E-state index >= 15 is 0 Å². The minimum atomic E-state index is -0.251. The van der Waals surface area contributed by atoms with Crippen molar-refractivity contribution in [3.63, 3.8) is 0 Å². The van der Waals surface area contributed by atoms with Crippen LogP contribution in [0.1, 0.15) is 25.7 Å². The smallest absolute Gasteiger partial charge is 0.251 e. The molecule has 0 aromatic carbocycles. The zero-order valence-corrected chi connectivity index (χ0v) is 11.9. The number of rotatable bonds is 4. The van der Waals surface area contributed by atoms with Crippen molar-refractivity contribution >= 4 is 23.4 Å². The molecule has 0 spiro atoms. The fourth-order valence-electron chi connectivity index (χ4n) is 2.53. The molecule has 2 aliphatic heterocycles. The van der Waals surface area contributed by atoms with E-state index in [4.69, 9.17) is 16.3 Å². The zero-order valence-electron chi connectivity index (χ0n) is 11.1. The number of hydrogen-bond acceptors (Lipinski definition) is 3. The van der Waals surface area contributed by atoms with Crippen LogP contribution in [0.25, 0.3) is 0 Å². The fourth-order valence-corrected chi connectivity index (χ4v) is 2.66. The summed E-state index contributed by atoms with van der Waals surface area (Å²) in [6, 6.07) is 0. The Kier molecular flexibility index (Phi) is 5.45. The highest BCUT2D eigenvalue weighted by atomic mass is 35.5. The van der Waals surface area contributed by atoms with E-state index in [1.54, 1.807) is 0 Å². The molecule has 0 aromatic rings. The van der Waals surface area contributed by atoms with Gasteiger partial charge >= 0.3 is 0 Å². The summed E-state index contributed by atoms with van der Waals surface area (Å²) >= 11 is 5.58. The lowest BCUT2D eigenvalue weighted by Gasteiger charge is -2.35. The van der Waals surface area contributed by atoms with E-state index in [2.05, 4.69) is 0 Å². The first-order chi connectivity index (χ1) is 9.22. The van der Waals surface area contributed by atoms with Gasteiger partial charge < -0.3 is 14.5 Å². The fraction of sp³-hybridized carbons (Fsp3) is 0.846. The van der Waals surface area contributed by atoms with Gasteiger partial charge in [-0.3, -0.25) is 9.59 Å². The Morgan fingerprint density at radius 3 is 2.42 bits per heavy atom. The van der Waals surface area contributed by atoms with Gasteiger partial charge in [-0.05, 0) is 19.3 Å². The Bertz CT molecular complexity index is 324. The van der Waals surface area contributed by atoms with Crippen molar-refractivity contribution < 1.29 is 14.3 Å². The summed E-state index contributed by atoms with van der Waals surface area (Å²) in [6.07, 6.45) is 2.76. The average molecular weight is 289 g/mol. The number of halogens is 1. The van der Waals surface area contributed by atoms with E-state index in [1.807, 2.05) is 9.80 Å². The third kappa shape index (κ3) is 3.83. The van der Waals surface area contributed by atoms with Crippen LogP contribution in [0, 0.1) is 0 Å². The Hall–Kier alpha value is -0.810. The van der Waals surface area contributed by atoms with Crippen LogP contribution in [0.15, 0.2) is 0 Å². The predicted molar refractivity (Wildman–Crippen MR) is 72.1 cm³/mol. The highest BCUT2D eigenvalue weighted by molar-refractivity contribution is 6.17. The molecule has 1 unspecified atom stereocenters. The number of hydrogen-bond donors (Lipinski definition) is 0. The zero-order chi connectivity index (χ0) is 13.7. The third-order valence-corrected chi connectivity index (χ3v) is 3.94. The maximum atomic E-state index is 12.1. The maximum absolute atomic E-state index is 12.1. The topological polar surface area (TPSA) is 49.9 Å². The van der Waals surface area contributed by atoms with Gasteiger partial charge in [0, 0.05) is 45.1 Å². The maximum Gasteiger partial charge on any atom is 0.251 e. The van der Waals surface area contributed by atoms with E-state index in [1.165, 1.54) is 0 Å². The molecule has 1 atom stereocenters. The molecule has 2 saturated heterocycles. The van der Waals surface area contributed by atoms with E-state index < -0.39 is 0 Å². The molecule has 2 rings (SSSR count). The number of alkyl halides is 1.